The number of benzene rings is 3. The Bertz CT molecular complexity index is 733. The summed E-state index contributed by atoms with van der Waals surface area (Å²) in [7, 11) is 0. The molecule has 1 N–H and O–H groups in total. The van der Waals surface area contributed by atoms with E-state index >= 15 is 0 Å². The summed E-state index contributed by atoms with van der Waals surface area (Å²) in [6.45, 7) is 0.752. The van der Waals surface area contributed by atoms with Crippen molar-refractivity contribution in [3.63, 3.8) is 0 Å². The van der Waals surface area contributed by atoms with E-state index < -0.39 is 0 Å². The first-order chi connectivity index (χ1) is 11.3. The third-order valence-electron chi connectivity index (χ3n) is 3.77. The van der Waals surface area contributed by atoms with Crippen molar-refractivity contribution in [1.29, 1.82) is 0 Å². The number of rotatable bonds is 6. The summed E-state index contributed by atoms with van der Waals surface area (Å²) in [5.41, 5.74) is 4.59. The Kier molecular flexibility index (Phi) is 5.07. The summed E-state index contributed by atoms with van der Waals surface area (Å²) in [6.07, 6.45) is 0.695. The minimum absolute atomic E-state index is 0.183. The molecule has 0 radical (unpaired) electrons. The monoisotopic (exact) mass is 304 g/mol. The van der Waals surface area contributed by atoms with Crippen LogP contribution in [0.5, 0.6) is 5.75 Å². The summed E-state index contributed by atoms with van der Waals surface area (Å²) in [6, 6.07) is 26.6. The summed E-state index contributed by atoms with van der Waals surface area (Å²) < 4.78 is 5.88. The van der Waals surface area contributed by atoms with Crippen molar-refractivity contribution in [2.24, 2.45) is 0 Å². The van der Waals surface area contributed by atoms with Crippen LogP contribution in [0.15, 0.2) is 78.9 Å². The highest BCUT2D eigenvalue weighted by molar-refractivity contribution is 5.65. The van der Waals surface area contributed by atoms with E-state index in [1.54, 1.807) is 0 Å². The molecule has 0 spiro atoms. The van der Waals surface area contributed by atoms with Crippen LogP contribution < -0.4 is 4.74 Å². The molecule has 0 amide bonds. The zero-order valence-electron chi connectivity index (χ0n) is 13.0. The highest BCUT2D eigenvalue weighted by atomic mass is 16.5. The second-order valence-electron chi connectivity index (χ2n) is 5.47. The van der Waals surface area contributed by atoms with Gasteiger partial charge in [0.15, 0.2) is 0 Å². The summed E-state index contributed by atoms with van der Waals surface area (Å²) >= 11 is 0. The Morgan fingerprint density at radius 2 is 1.48 bits per heavy atom. The van der Waals surface area contributed by atoms with Gasteiger partial charge in [0.2, 0.25) is 0 Å². The van der Waals surface area contributed by atoms with Gasteiger partial charge in [-0.25, -0.2) is 0 Å². The fourth-order valence-corrected chi connectivity index (χ4v) is 2.50. The van der Waals surface area contributed by atoms with E-state index in [1.807, 2.05) is 30.3 Å². The third-order valence-corrected chi connectivity index (χ3v) is 3.77. The molecule has 23 heavy (non-hydrogen) atoms. The largest absolute Gasteiger partial charge is 0.489 e. The van der Waals surface area contributed by atoms with E-state index in [4.69, 9.17) is 9.84 Å². The van der Waals surface area contributed by atoms with Crippen LogP contribution in [-0.4, -0.2) is 11.7 Å². The fraction of sp³-hybridized carbons (Fsp3) is 0.143. The van der Waals surface area contributed by atoms with Gasteiger partial charge in [0.1, 0.15) is 12.4 Å². The van der Waals surface area contributed by atoms with Gasteiger partial charge in [0.25, 0.3) is 0 Å². The molecule has 0 fully saturated rings. The van der Waals surface area contributed by atoms with Gasteiger partial charge in [0, 0.05) is 6.61 Å². The van der Waals surface area contributed by atoms with Gasteiger partial charge >= 0.3 is 0 Å². The number of hydrogen-bond acceptors (Lipinski definition) is 2. The Morgan fingerprint density at radius 1 is 0.696 bits per heavy atom. The molecule has 0 aromatic heterocycles. The lowest BCUT2D eigenvalue weighted by atomic mass is 10.0. The molecule has 0 unspecified atom stereocenters. The molecule has 0 saturated heterocycles. The molecule has 0 atom stereocenters. The van der Waals surface area contributed by atoms with Crippen molar-refractivity contribution in [1.82, 2.24) is 0 Å². The molecule has 3 rings (SSSR count). The average molecular weight is 304 g/mol. The molecule has 0 saturated carbocycles. The molecule has 3 aromatic rings. The minimum Gasteiger partial charge on any atom is -0.489 e. The topological polar surface area (TPSA) is 29.5 Å². The van der Waals surface area contributed by atoms with Crippen molar-refractivity contribution in [3.05, 3.63) is 90.0 Å². The summed E-state index contributed by atoms with van der Waals surface area (Å²) in [4.78, 5) is 0. The quantitative estimate of drug-likeness (QED) is 0.728. The molecular formula is C21H20O2. The summed E-state index contributed by atoms with van der Waals surface area (Å²) in [5, 5.41) is 8.98. The van der Waals surface area contributed by atoms with Crippen molar-refractivity contribution in [2.75, 3.05) is 6.61 Å². The zero-order valence-corrected chi connectivity index (χ0v) is 13.0. The Morgan fingerprint density at radius 3 is 2.22 bits per heavy atom. The highest BCUT2D eigenvalue weighted by Crippen LogP contribution is 2.25. The van der Waals surface area contributed by atoms with Crippen LogP contribution in [0.1, 0.15) is 11.1 Å². The average Bonchev–Trinajstić information content (AvgIpc) is 2.62. The summed E-state index contributed by atoms with van der Waals surface area (Å²) in [5.74, 6) is 0.866. The lowest BCUT2D eigenvalue weighted by Crippen LogP contribution is -1.95. The van der Waals surface area contributed by atoms with Crippen LogP contribution >= 0.6 is 0 Å². The van der Waals surface area contributed by atoms with E-state index in [2.05, 4.69) is 48.5 Å². The lowest BCUT2D eigenvalue weighted by molar-refractivity contribution is 0.299. The molecule has 0 bridgehead atoms. The van der Waals surface area contributed by atoms with E-state index in [1.165, 1.54) is 0 Å². The number of hydrogen-bond donors (Lipinski definition) is 1. The van der Waals surface area contributed by atoms with E-state index in [9.17, 15) is 0 Å². The predicted molar refractivity (Wildman–Crippen MR) is 93.4 cm³/mol. The van der Waals surface area contributed by atoms with E-state index in [-0.39, 0.29) is 6.61 Å². The maximum absolute atomic E-state index is 8.98. The normalized spacial score (nSPS) is 10.5. The smallest absolute Gasteiger partial charge is 0.120 e. The molecule has 0 aliphatic carbocycles. The van der Waals surface area contributed by atoms with Crippen LogP contribution in [0.2, 0.25) is 0 Å². The van der Waals surface area contributed by atoms with Crippen molar-refractivity contribution >= 4 is 0 Å². The van der Waals surface area contributed by atoms with Crippen molar-refractivity contribution < 1.29 is 9.84 Å². The molecule has 0 heterocycles. The second kappa shape index (κ2) is 7.61. The van der Waals surface area contributed by atoms with Crippen molar-refractivity contribution in [2.45, 2.75) is 13.0 Å². The minimum atomic E-state index is 0.183. The number of ether oxygens (including phenoxy) is 1. The van der Waals surface area contributed by atoms with Gasteiger partial charge in [-0.05, 0) is 40.8 Å². The molecular weight excluding hydrogens is 284 g/mol. The molecule has 0 aliphatic heterocycles. The molecule has 116 valence electrons. The standard InChI is InChI=1S/C21H20O2/c22-14-13-17-9-11-19(12-10-17)20-7-4-8-21(15-20)23-16-18-5-2-1-3-6-18/h1-12,15,22H,13-14,16H2. The van der Waals surface area contributed by atoms with Gasteiger partial charge < -0.3 is 9.84 Å². The van der Waals surface area contributed by atoms with Gasteiger partial charge in [-0.15, -0.1) is 0 Å². The molecule has 2 heteroatoms. The third kappa shape index (κ3) is 4.21. The van der Waals surface area contributed by atoms with Crippen LogP contribution in [0, 0.1) is 0 Å². The predicted octanol–water partition coefficient (Wildman–Crippen LogP) is 4.47. The zero-order chi connectivity index (χ0) is 15.9. The van der Waals surface area contributed by atoms with Gasteiger partial charge in [-0.3, -0.25) is 0 Å². The first-order valence-corrected chi connectivity index (χ1v) is 7.82. The number of aliphatic hydroxyl groups is 1. The molecule has 3 aromatic carbocycles. The Labute approximate surface area is 137 Å². The van der Waals surface area contributed by atoms with E-state index in [0.717, 1.165) is 28.0 Å². The van der Waals surface area contributed by atoms with Crippen LogP contribution in [-0.2, 0) is 13.0 Å². The second-order valence-corrected chi connectivity index (χ2v) is 5.47. The highest BCUT2D eigenvalue weighted by Gasteiger charge is 2.01. The fourth-order valence-electron chi connectivity index (χ4n) is 2.50. The van der Waals surface area contributed by atoms with Gasteiger partial charge in [0.05, 0.1) is 0 Å². The van der Waals surface area contributed by atoms with Crippen LogP contribution in [0.25, 0.3) is 11.1 Å². The van der Waals surface area contributed by atoms with E-state index in [0.29, 0.717) is 13.0 Å². The maximum Gasteiger partial charge on any atom is 0.120 e. The van der Waals surface area contributed by atoms with Crippen molar-refractivity contribution in [3.8, 4) is 16.9 Å². The first kappa shape index (κ1) is 15.3. The number of aliphatic hydroxyl groups excluding tert-OH is 1. The van der Waals surface area contributed by atoms with Crippen LogP contribution in [0.3, 0.4) is 0 Å². The lowest BCUT2D eigenvalue weighted by Gasteiger charge is -2.09. The first-order valence-electron chi connectivity index (χ1n) is 7.82. The van der Waals surface area contributed by atoms with Crippen LogP contribution in [0.4, 0.5) is 0 Å². The van der Waals surface area contributed by atoms with Gasteiger partial charge in [-0.2, -0.15) is 0 Å². The molecule has 0 aliphatic rings. The molecule has 2 nitrogen and oxygen atoms in total. The Hall–Kier alpha value is -2.58. The van der Waals surface area contributed by atoms with Gasteiger partial charge in [-0.1, -0.05) is 66.7 Å². The maximum atomic E-state index is 8.98. The SMILES string of the molecule is OCCc1ccc(-c2cccc(OCc3ccccc3)c2)cc1. The Balaban J connectivity index is 1.71.